The summed E-state index contributed by atoms with van der Waals surface area (Å²) in [4.78, 5) is 12.3. The molecule has 1 amide bonds. The number of carbonyl (C=O) groups excluding carboxylic acids is 1. The van der Waals surface area contributed by atoms with Crippen LogP contribution in [0.5, 0.6) is 0 Å². The molecular formula is C22H24FN3O5S. The van der Waals surface area contributed by atoms with Crippen molar-refractivity contribution in [2.45, 2.75) is 49.8 Å². The molecule has 1 aromatic heterocycles. The van der Waals surface area contributed by atoms with Gasteiger partial charge in [0.2, 0.25) is 15.7 Å². The fourth-order valence-electron chi connectivity index (χ4n) is 2.89. The third kappa shape index (κ3) is 6.61. The summed E-state index contributed by atoms with van der Waals surface area (Å²) in [5.41, 5.74) is 0.378. The number of sulfone groups is 1. The third-order valence-corrected chi connectivity index (χ3v) is 5.62. The van der Waals surface area contributed by atoms with Crippen molar-refractivity contribution in [3.63, 3.8) is 0 Å². The molecule has 0 unspecified atom stereocenters. The number of hydrogen-bond acceptors (Lipinski definition) is 7. The van der Waals surface area contributed by atoms with Gasteiger partial charge in [0.1, 0.15) is 17.5 Å². The van der Waals surface area contributed by atoms with Crippen molar-refractivity contribution < 1.29 is 26.8 Å². The van der Waals surface area contributed by atoms with E-state index >= 15 is 0 Å². The zero-order valence-corrected chi connectivity index (χ0v) is 18.7. The summed E-state index contributed by atoms with van der Waals surface area (Å²) in [6.07, 6.45) is -0.438. The maximum absolute atomic E-state index is 13.4. The van der Waals surface area contributed by atoms with Crippen LogP contribution in [-0.2, 0) is 26.7 Å². The lowest BCUT2D eigenvalue weighted by Gasteiger charge is -2.22. The number of rotatable bonds is 7. The fraction of sp³-hybridized carbons (Fsp3) is 0.318. The summed E-state index contributed by atoms with van der Waals surface area (Å²) in [5.74, 6) is -1.14. The Morgan fingerprint density at radius 2 is 1.78 bits per heavy atom. The smallest absolute Gasteiger partial charge is 0.408 e. The van der Waals surface area contributed by atoms with Gasteiger partial charge in [-0.3, -0.25) is 0 Å². The van der Waals surface area contributed by atoms with Crippen LogP contribution in [0.4, 0.5) is 9.18 Å². The minimum absolute atomic E-state index is 0.0856. The zero-order valence-electron chi connectivity index (χ0n) is 17.9. The Hall–Kier alpha value is -3.27. The Morgan fingerprint density at radius 1 is 1.09 bits per heavy atom. The molecule has 0 aliphatic carbocycles. The van der Waals surface area contributed by atoms with Gasteiger partial charge in [-0.05, 0) is 44.0 Å². The lowest BCUT2D eigenvalue weighted by atomic mass is 10.1. The minimum Gasteiger partial charge on any atom is -0.444 e. The Labute approximate surface area is 185 Å². The Balaban J connectivity index is 1.84. The van der Waals surface area contributed by atoms with Crippen molar-refractivity contribution in [3.8, 4) is 0 Å². The molecular weight excluding hydrogens is 437 g/mol. The van der Waals surface area contributed by atoms with Gasteiger partial charge in [0.05, 0.1) is 5.75 Å². The third-order valence-electron chi connectivity index (χ3n) is 4.21. The number of carbonyl (C=O) groups is 1. The number of halogens is 1. The van der Waals surface area contributed by atoms with Crippen LogP contribution in [0.25, 0.3) is 0 Å². The highest BCUT2D eigenvalue weighted by atomic mass is 32.2. The number of hydrogen-bond donors (Lipinski definition) is 1. The Bertz CT molecular complexity index is 1170. The molecule has 0 saturated carbocycles. The van der Waals surface area contributed by atoms with Crippen LogP contribution >= 0.6 is 0 Å². The molecule has 1 heterocycles. The van der Waals surface area contributed by atoms with Gasteiger partial charge in [0.25, 0.3) is 0 Å². The van der Waals surface area contributed by atoms with E-state index in [0.717, 1.165) is 11.6 Å². The van der Waals surface area contributed by atoms with Crippen LogP contribution in [0.3, 0.4) is 0 Å². The molecule has 0 fully saturated rings. The number of alkyl carbamates (subject to hydrolysis) is 1. The topological polar surface area (TPSA) is 111 Å². The number of aromatic nitrogens is 2. The maximum atomic E-state index is 13.4. The number of nitrogens with zero attached hydrogens (tertiary/aromatic N) is 2. The quantitative estimate of drug-likeness (QED) is 0.566. The zero-order chi connectivity index (χ0) is 23.4. The van der Waals surface area contributed by atoms with Crippen LogP contribution in [0, 0.1) is 5.82 Å². The Morgan fingerprint density at radius 3 is 2.44 bits per heavy atom. The molecule has 2 aromatic carbocycles. The van der Waals surface area contributed by atoms with Crippen molar-refractivity contribution in [1.29, 1.82) is 0 Å². The molecule has 170 valence electrons. The number of ether oxygens (including phenoxy) is 1. The van der Waals surface area contributed by atoms with E-state index in [2.05, 4.69) is 15.5 Å². The molecule has 1 N–H and O–H groups in total. The van der Waals surface area contributed by atoms with Crippen LogP contribution in [-0.4, -0.2) is 30.3 Å². The van der Waals surface area contributed by atoms with Gasteiger partial charge >= 0.3 is 11.3 Å². The van der Waals surface area contributed by atoms with Crippen LogP contribution in [0.2, 0.25) is 0 Å². The molecule has 10 heteroatoms. The normalized spacial score (nSPS) is 12.9. The summed E-state index contributed by atoms with van der Waals surface area (Å²) in [7, 11) is -4.02. The van der Waals surface area contributed by atoms with Crippen molar-refractivity contribution in [2.24, 2.45) is 0 Å². The molecule has 0 bridgehead atoms. The highest BCUT2D eigenvalue weighted by Crippen LogP contribution is 2.22. The van der Waals surface area contributed by atoms with Crippen molar-refractivity contribution in [1.82, 2.24) is 15.5 Å². The monoisotopic (exact) mass is 461 g/mol. The highest BCUT2D eigenvalue weighted by Gasteiger charge is 2.29. The molecule has 32 heavy (non-hydrogen) atoms. The van der Waals surface area contributed by atoms with E-state index in [1.807, 2.05) is 30.3 Å². The molecule has 0 radical (unpaired) electrons. The molecule has 8 nitrogen and oxygen atoms in total. The van der Waals surface area contributed by atoms with E-state index in [-0.39, 0.29) is 17.9 Å². The van der Waals surface area contributed by atoms with E-state index in [9.17, 15) is 17.6 Å². The van der Waals surface area contributed by atoms with E-state index in [1.165, 1.54) is 18.2 Å². The summed E-state index contributed by atoms with van der Waals surface area (Å²) < 4.78 is 49.5. The van der Waals surface area contributed by atoms with Gasteiger partial charge in [-0.15, -0.1) is 5.10 Å². The van der Waals surface area contributed by atoms with Gasteiger partial charge in [0.15, 0.2) is 0 Å². The SMILES string of the molecule is CC(C)(C)OC(=O)N[C@@H](Cc1ccccc1)c1nnc(S(=O)(=O)Cc2cccc(F)c2)o1. The number of benzene rings is 2. The summed E-state index contributed by atoms with van der Waals surface area (Å²) >= 11 is 0. The number of nitrogens with one attached hydrogen (secondary N) is 1. The van der Waals surface area contributed by atoms with Crippen LogP contribution in [0.15, 0.2) is 64.2 Å². The summed E-state index contributed by atoms with van der Waals surface area (Å²) in [6, 6.07) is 13.6. The maximum Gasteiger partial charge on any atom is 0.408 e. The second-order valence-corrected chi connectivity index (χ2v) is 10.1. The van der Waals surface area contributed by atoms with Gasteiger partial charge in [-0.1, -0.05) is 47.6 Å². The average Bonchev–Trinajstić information content (AvgIpc) is 3.18. The predicted octanol–water partition coefficient (Wildman–Crippen LogP) is 3.99. The lowest BCUT2D eigenvalue weighted by Crippen LogP contribution is -2.36. The second-order valence-electron chi connectivity index (χ2n) is 8.18. The van der Waals surface area contributed by atoms with Crippen molar-refractivity contribution >= 4 is 15.9 Å². The molecule has 0 saturated heterocycles. The van der Waals surface area contributed by atoms with Gasteiger partial charge in [-0.2, -0.15) is 0 Å². The first-order valence-electron chi connectivity index (χ1n) is 9.86. The van der Waals surface area contributed by atoms with Crippen LogP contribution in [0.1, 0.15) is 43.8 Å². The summed E-state index contributed by atoms with van der Waals surface area (Å²) in [5, 5.41) is 9.56. The first-order chi connectivity index (χ1) is 15.0. The highest BCUT2D eigenvalue weighted by molar-refractivity contribution is 7.90. The van der Waals surface area contributed by atoms with E-state index in [0.29, 0.717) is 0 Å². The predicted molar refractivity (Wildman–Crippen MR) is 114 cm³/mol. The molecule has 0 spiro atoms. The van der Waals surface area contributed by atoms with Gasteiger partial charge in [0, 0.05) is 6.42 Å². The fourth-order valence-corrected chi connectivity index (χ4v) is 4.01. The van der Waals surface area contributed by atoms with Crippen molar-refractivity contribution in [3.05, 3.63) is 77.4 Å². The molecule has 3 rings (SSSR count). The summed E-state index contributed by atoms with van der Waals surface area (Å²) in [6.45, 7) is 5.17. The van der Waals surface area contributed by atoms with Crippen molar-refractivity contribution in [2.75, 3.05) is 0 Å². The number of amides is 1. The first-order valence-corrected chi connectivity index (χ1v) is 11.5. The second kappa shape index (κ2) is 9.47. The van der Waals surface area contributed by atoms with E-state index in [4.69, 9.17) is 9.15 Å². The molecule has 1 atom stereocenters. The molecule has 0 aliphatic heterocycles. The minimum atomic E-state index is -4.02. The molecule has 0 aliphatic rings. The average molecular weight is 462 g/mol. The van der Waals surface area contributed by atoms with Gasteiger partial charge < -0.3 is 14.5 Å². The van der Waals surface area contributed by atoms with Gasteiger partial charge in [-0.25, -0.2) is 17.6 Å². The first kappa shape index (κ1) is 23.4. The standard InChI is InChI=1S/C22H24FN3O5S/c1-22(2,3)31-20(27)24-18(13-15-8-5-4-6-9-15)19-25-26-21(30-19)32(28,29)14-16-10-7-11-17(23)12-16/h4-12,18H,13-14H2,1-3H3,(H,24,27)/t18-/m0/s1. The Kier molecular flexibility index (Phi) is 6.93. The van der Waals surface area contributed by atoms with Crippen LogP contribution < -0.4 is 5.32 Å². The molecule has 3 aromatic rings. The van der Waals surface area contributed by atoms with E-state index < -0.39 is 44.4 Å². The lowest BCUT2D eigenvalue weighted by molar-refractivity contribution is 0.0494. The van der Waals surface area contributed by atoms with E-state index in [1.54, 1.807) is 20.8 Å². The largest absolute Gasteiger partial charge is 0.444 e.